The van der Waals surface area contributed by atoms with Crippen molar-refractivity contribution < 1.29 is 23.1 Å². The van der Waals surface area contributed by atoms with E-state index in [-0.39, 0.29) is 22.4 Å². The van der Waals surface area contributed by atoms with Gasteiger partial charge in [-0.3, -0.25) is 4.79 Å². The van der Waals surface area contributed by atoms with E-state index in [1.165, 1.54) is 30.3 Å². The van der Waals surface area contributed by atoms with Crippen LogP contribution in [0.5, 0.6) is 5.75 Å². The number of aromatic hydroxyl groups is 1. The third-order valence-corrected chi connectivity index (χ3v) is 2.70. The van der Waals surface area contributed by atoms with Gasteiger partial charge in [-0.15, -0.1) is 0 Å². The Hall–Kier alpha value is -2.30. The van der Waals surface area contributed by atoms with Crippen molar-refractivity contribution in [3.8, 4) is 16.9 Å². The Morgan fingerprint density at radius 1 is 1.05 bits per heavy atom. The molecule has 0 heterocycles. The van der Waals surface area contributed by atoms with Gasteiger partial charge in [0.25, 0.3) is 0 Å². The monoisotopic (exact) mass is 266 g/mol. The number of carbonyl (C=O) groups excluding carboxylic acids is 1. The van der Waals surface area contributed by atoms with Crippen molar-refractivity contribution in [3.05, 3.63) is 53.6 Å². The zero-order valence-electron chi connectivity index (χ0n) is 9.61. The number of carbonyl (C=O) groups is 1. The lowest BCUT2D eigenvalue weighted by molar-refractivity contribution is -0.137. The highest BCUT2D eigenvalue weighted by Crippen LogP contribution is 2.35. The van der Waals surface area contributed by atoms with E-state index < -0.39 is 11.7 Å². The standard InChI is InChI=1S/C14H9F3O2/c15-14(16,17)11-5-1-3-9(7-11)12-6-2-4-10(8-18)13(12)19/h1-8,19H. The minimum atomic E-state index is -4.45. The number of alkyl halides is 3. The Morgan fingerprint density at radius 2 is 1.74 bits per heavy atom. The summed E-state index contributed by atoms with van der Waals surface area (Å²) in [6, 6.07) is 8.92. The summed E-state index contributed by atoms with van der Waals surface area (Å²) in [4.78, 5) is 10.7. The highest BCUT2D eigenvalue weighted by Gasteiger charge is 2.30. The molecule has 19 heavy (non-hydrogen) atoms. The fourth-order valence-corrected chi connectivity index (χ4v) is 1.75. The van der Waals surface area contributed by atoms with E-state index >= 15 is 0 Å². The van der Waals surface area contributed by atoms with Crippen LogP contribution in [0.3, 0.4) is 0 Å². The average Bonchev–Trinajstić information content (AvgIpc) is 2.38. The molecule has 0 aromatic heterocycles. The van der Waals surface area contributed by atoms with Crippen molar-refractivity contribution in [2.45, 2.75) is 6.18 Å². The van der Waals surface area contributed by atoms with Gasteiger partial charge < -0.3 is 5.11 Å². The normalized spacial score (nSPS) is 11.3. The molecule has 0 radical (unpaired) electrons. The Balaban J connectivity index is 2.57. The lowest BCUT2D eigenvalue weighted by Crippen LogP contribution is -2.04. The van der Waals surface area contributed by atoms with Crippen molar-refractivity contribution in [1.82, 2.24) is 0 Å². The summed E-state index contributed by atoms with van der Waals surface area (Å²) in [5.74, 6) is -0.322. The van der Waals surface area contributed by atoms with Crippen molar-refractivity contribution in [2.75, 3.05) is 0 Å². The van der Waals surface area contributed by atoms with E-state index in [1.54, 1.807) is 0 Å². The van der Waals surface area contributed by atoms with Crippen molar-refractivity contribution in [1.29, 1.82) is 0 Å². The highest BCUT2D eigenvalue weighted by atomic mass is 19.4. The first-order valence-corrected chi connectivity index (χ1v) is 5.38. The van der Waals surface area contributed by atoms with Gasteiger partial charge in [0.15, 0.2) is 6.29 Å². The number of hydrogen-bond donors (Lipinski definition) is 1. The van der Waals surface area contributed by atoms with Crippen LogP contribution in [0.2, 0.25) is 0 Å². The largest absolute Gasteiger partial charge is 0.507 e. The van der Waals surface area contributed by atoms with Crippen LogP contribution in [-0.4, -0.2) is 11.4 Å². The van der Waals surface area contributed by atoms with Crippen LogP contribution in [0.1, 0.15) is 15.9 Å². The molecule has 0 saturated carbocycles. The molecule has 5 heteroatoms. The zero-order valence-corrected chi connectivity index (χ0v) is 9.61. The SMILES string of the molecule is O=Cc1cccc(-c2cccc(C(F)(F)F)c2)c1O. The van der Waals surface area contributed by atoms with Gasteiger partial charge in [-0.25, -0.2) is 0 Å². The zero-order chi connectivity index (χ0) is 14.0. The first-order valence-electron chi connectivity index (χ1n) is 5.38. The molecule has 1 N–H and O–H groups in total. The molecular formula is C14H9F3O2. The maximum Gasteiger partial charge on any atom is 0.416 e. The number of para-hydroxylation sites is 1. The number of phenols is 1. The predicted octanol–water partition coefficient (Wildman–Crippen LogP) is 3.89. The Labute approximate surface area is 107 Å². The van der Waals surface area contributed by atoms with Crippen LogP contribution in [0, 0.1) is 0 Å². The summed E-state index contributed by atoms with van der Waals surface area (Å²) in [5, 5.41) is 9.82. The second-order valence-corrected chi connectivity index (χ2v) is 3.94. The molecule has 0 saturated heterocycles. The van der Waals surface area contributed by atoms with Crippen LogP contribution >= 0.6 is 0 Å². The number of phenolic OH excluding ortho intramolecular Hbond substituents is 1. The highest BCUT2D eigenvalue weighted by molar-refractivity contribution is 5.85. The molecule has 2 rings (SSSR count). The summed E-state index contributed by atoms with van der Waals surface area (Å²) in [6.45, 7) is 0. The number of benzene rings is 2. The third kappa shape index (κ3) is 2.59. The van der Waals surface area contributed by atoms with Gasteiger partial charge in [-0.2, -0.15) is 13.2 Å². The number of rotatable bonds is 2. The van der Waals surface area contributed by atoms with Crippen LogP contribution in [-0.2, 0) is 6.18 Å². The molecule has 0 spiro atoms. The third-order valence-electron chi connectivity index (χ3n) is 2.70. The van der Waals surface area contributed by atoms with E-state index in [0.717, 1.165) is 12.1 Å². The molecular weight excluding hydrogens is 257 g/mol. The van der Waals surface area contributed by atoms with E-state index in [0.29, 0.717) is 6.29 Å². The van der Waals surface area contributed by atoms with Crippen LogP contribution in [0.25, 0.3) is 11.1 Å². The maximum atomic E-state index is 12.6. The summed E-state index contributed by atoms with van der Waals surface area (Å²) in [5.41, 5.74) is -0.373. The minimum absolute atomic E-state index is 0.0370. The molecule has 2 aromatic carbocycles. The Bertz CT molecular complexity index is 618. The van der Waals surface area contributed by atoms with Gasteiger partial charge in [0.05, 0.1) is 11.1 Å². The van der Waals surface area contributed by atoms with Gasteiger partial charge in [-0.1, -0.05) is 24.3 Å². The second-order valence-electron chi connectivity index (χ2n) is 3.94. The molecule has 0 aliphatic rings. The lowest BCUT2D eigenvalue weighted by atomic mass is 10.00. The van der Waals surface area contributed by atoms with Gasteiger partial charge in [0.2, 0.25) is 0 Å². The van der Waals surface area contributed by atoms with Crippen LogP contribution < -0.4 is 0 Å². The minimum Gasteiger partial charge on any atom is -0.507 e. The molecule has 0 atom stereocenters. The second kappa shape index (κ2) is 4.76. The molecule has 2 aromatic rings. The van der Waals surface area contributed by atoms with Gasteiger partial charge in [0.1, 0.15) is 5.75 Å². The quantitative estimate of drug-likeness (QED) is 0.837. The van der Waals surface area contributed by atoms with E-state index in [4.69, 9.17) is 0 Å². The average molecular weight is 266 g/mol. The Kier molecular flexibility index (Phi) is 3.29. The van der Waals surface area contributed by atoms with E-state index in [1.807, 2.05) is 0 Å². The smallest absolute Gasteiger partial charge is 0.416 e. The van der Waals surface area contributed by atoms with Crippen LogP contribution in [0.4, 0.5) is 13.2 Å². The first-order chi connectivity index (χ1) is 8.93. The van der Waals surface area contributed by atoms with Gasteiger partial charge in [0, 0.05) is 5.56 Å². The molecule has 0 unspecified atom stereocenters. The molecule has 98 valence electrons. The molecule has 0 amide bonds. The summed E-state index contributed by atoms with van der Waals surface area (Å²) in [6.07, 6.45) is -4.00. The molecule has 0 aliphatic heterocycles. The van der Waals surface area contributed by atoms with E-state index in [9.17, 15) is 23.1 Å². The topological polar surface area (TPSA) is 37.3 Å². The molecule has 2 nitrogen and oxygen atoms in total. The molecule has 0 fully saturated rings. The van der Waals surface area contributed by atoms with Crippen molar-refractivity contribution in [3.63, 3.8) is 0 Å². The number of hydrogen-bond acceptors (Lipinski definition) is 2. The first kappa shape index (κ1) is 13.1. The fourth-order valence-electron chi connectivity index (χ4n) is 1.75. The van der Waals surface area contributed by atoms with Gasteiger partial charge in [-0.05, 0) is 23.8 Å². The fraction of sp³-hybridized carbons (Fsp3) is 0.0714. The van der Waals surface area contributed by atoms with Crippen molar-refractivity contribution >= 4 is 6.29 Å². The summed E-state index contributed by atoms with van der Waals surface area (Å²) < 4.78 is 37.8. The summed E-state index contributed by atoms with van der Waals surface area (Å²) in [7, 11) is 0. The van der Waals surface area contributed by atoms with Crippen LogP contribution in [0.15, 0.2) is 42.5 Å². The maximum absolute atomic E-state index is 12.6. The molecule has 0 aliphatic carbocycles. The Morgan fingerprint density at radius 3 is 2.37 bits per heavy atom. The lowest BCUT2D eigenvalue weighted by Gasteiger charge is -2.10. The van der Waals surface area contributed by atoms with Gasteiger partial charge >= 0.3 is 6.18 Å². The number of aldehydes is 1. The van der Waals surface area contributed by atoms with Crippen molar-refractivity contribution in [2.24, 2.45) is 0 Å². The van der Waals surface area contributed by atoms with E-state index in [2.05, 4.69) is 0 Å². The predicted molar refractivity (Wildman–Crippen MR) is 63.9 cm³/mol. The number of halogens is 3. The molecule has 0 bridgehead atoms. The summed E-state index contributed by atoms with van der Waals surface area (Å²) >= 11 is 0.